The third kappa shape index (κ3) is 4.83. The first-order valence-corrected chi connectivity index (χ1v) is 9.83. The zero-order valence-corrected chi connectivity index (χ0v) is 16.4. The normalized spacial score (nSPS) is 10.9. The summed E-state index contributed by atoms with van der Waals surface area (Å²) in [6.45, 7) is 3.77. The predicted molar refractivity (Wildman–Crippen MR) is 110 cm³/mol. The molecule has 0 bridgehead atoms. The Morgan fingerprint density at radius 3 is 2.96 bits per heavy atom. The van der Waals surface area contributed by atoms with Crippen LogP contribution < -0.4 is 15.5 Å². The number of rotatable bonds is 7. The molecule has 2 aromatic heterocycles. The first-order valence-electron chi connectivity index (χ1n) is 8.14. The number of ether oxygens (including phenoxy) is 1. The molecule has 27 heavy (non-hydrogen) atoms. The van der Waals surface area contributed by atoms with E-state index in [0.717, 1.165) is 10.4 Å². The second-order valence-electron chi connectivity index (χ2n) is 5.39. The lowest BCUT2D eigenvalue weighted by Crippen LogP contribution is -2.04. The van der Waals surface area contributed by atoms with E-state index in [1.165, 1.54) is 18.3 Å². The molecule has 0 aliphatic heterocycles. The van der Waals surface area contributed by atoms with Crippen molar-refractivity contribution >= 4 is 44.9 Å². The van der Waals surface area contributed by atoms with E-state index >= 15 is 0 Å². The van der Waals surface area contributed by atoms with Gasteiger partial charge in [-0.1, -0.05) is 17.4 Å². The van der Waals surface area contributed by atoms with Gasteiger partial charge in [0.05, 0.1) is 17.7 Å². The molecule has 9 heteroatoms. The Hall–Kier alpha value is -2.91. The number of hydrogen-bond acceptors (Lipinski definition) is 8. The molecule has 0 saturated carbocycles. The summed E-state index contributed by atoms with van der Waals surface area (Å²) in [5, 5.41) is 19.9. The van der Waals surface area contributed by atoms with Gasteiger partial charge < -0.3 is 15.2 Å². The van der Waals surface area contributed by atoms with Crippen LogP contribution in [-0.4, -0.2) is 28.8 Å². The van der Waals surface area contributed by atoms with Gasteiger partial charge in [-0.05, 0) is 42.1 Å². The van der Waals surface area contributed by atoms with E-state index in [-0.39, 0.29) is 11.7 Å². The van der Waals surface area contributed by atoms with Gasteiger partial charge in [0, 0.05) is 6.92 Å². The first kappa shape index (κ1) is 18.9. The first-order chi connectivity index (χ1) is 13.1. The molecule has 0 radical (unpaired) electrons. The van der Waals surface area contributed by atoms with Crippen molar-refractivity contribution in [1.29, 1.82) is 0 Å². The largest absolute Gasteiger partial charge is 0.504 e. The van der Waals surface area contributed by atoms with E-state index in [1.54, 1.807) is 35.8 Å². The van der Waals surface area contributed by atoms with Crippen LogP contribution in [0.1, 0.15) is 19.4 Å². The summed E-state index contributed by atoms with van der Waals surface area (Å²) in [7, 11) is 0. The van der Waals surface area contributed by atoms with Gasteiger partial charge in [-0.3, -0.25) is 10.2 Å². The Morgan fingerprint density at radius 1 is 1.41 bits per heavy atom. The van der Waals surface area contributed by atoms with Gasteiger partial charge in [0.2, 0.25) is 11.0 Å². The van der Waals surface area contributed by atoms with Crippen LogP contribution in [-0.2, 0) is 4.79 Å². The van der Waals surface area contributed by atoms with E-state index in [1.807, 2.05) is 24.4 Å². The molecule has 0 fully saturated rings. The van der Waals surface area contributed by atoms with E-state index in [2.05, 4.69) is 20.8 Å². The van der Waals surface area contributed by atoms with E-state index in [9.17, 15) is 9.90 Å². The number of anilines is 2. The molecule has 0 aliphatic rings. The molecule has 3 rings (SSSR count). The van der Waals surface area contributed by atoms with Gasteiger partial charge in [0.1, 0.15) is 10.7 Å². The Morgan fingerprint density at radius 2 is 2.26 bits per heavy atom. The van der Waals surface area contributed by atoms with Crippen LogP contribution in [0.2, 0.25) is 0 Å². The lowest BCUT2D eigenvalue weighted by molar-refractivity contribution is -0.114. The fourth-order valence-electron chi connectivity index (χ4n) is 2.24. The summed E-state index contributed by atoms with van der Waals surface area (Å²) in [6, 6.07) is 8.86. The zero-order valence-electron chi connectivity index (χ0n) is 14.7. The van der Waals surface area contributed by atoms with Crippen molar-refractivity contribution in [1.82, 2.24) is 4.98 Å². The van der Waals surface area contributed by atoms with Crippen LogP contribution in [0.5, 0.6) is 11.5 Å². The molecule has 140 valence electrons. The van der Waals surface area contributed by atoms with E-state index < -0.39 is 0 Å². The monoisotopic (exact) mass is 402 g/mol. The summed E-state index contributed by atoms with van der Waals surface area (Å²) in [5.74, 6) is 0.338. The number of benzene rings is 1. The highest BCUT2D eigenvalue weighted by atomic mass is 32.1. The number of phenols is 1. The molecular formula is C18H18N4O3S2. The topological polar surface area (TPSA) is 95.8 Å². The number of nitrogens with one attached hydrogen (secondary N) is 2. The van der Waals surface area contributed by atoms with Crippen molar-refractivity contribution < 1.29 is 14.6 Å². The number of aromatic hydroxyl groups is 1. The molecule has 0 saturated heterocycles. The average molecular weight is 403 g/mol. The Kier molecular flexibility index (Phi) is 6.05. The highest BCUT2D eigenvalue weighted by Crippen LogP contribution is 2.38. The van der Waals surface area contributed by atoms with Crippen LogP contribution in [0.25, 0.3) is 10.6 Å². The summed E-state index contributed by atoms with van der Waals surface area (Å²) in [4.78, 5) is 16.9. The number of nitrogens with zero attached hydrogens (tertiary/aromatic N) is 2. The Labute approximate surface area is 164 Å². The maximum absolute atomic E-state index is 11.4. The van der Waals surface area contributed by atoms with Crippen molar-refractivity contribution in [3.05, 3.63) is 41.3 Å². The summed E-state index contributed by atoms with van der Waals surface area (Å²) in [5.41, 5.74) is 4.36. The van der Waals surface area contributed by atoms with E-state index in [0.29, 0.717) is 28.2 Å². The van der Waals surface area contributed by atoms with Gasteiger partial charge in [-0.25, -0.2) is 4.98 Å². The minimum atomic E-state index is -0.154. The van der Waals surface area contributed by atoms with Gasteiger partial charge in [0.25, 0.3) is 0 Å². The zero-order chi connectivity index (χ0) is 19.2. The number of aromatic nitrogens is 1. The fourth-order valence-corrected chi connectivity index (χ4v) is 3.90. The molecular weight excluding hydrogens is 384 g/mol. The van der Waals surface area contributed by atoms with E-state index in [4.69, 9.17) is 4.74 Å². The van der Waals surface area contributed by atoms with Gasteiger partial charge >= 0.3 is 0 Å². The van der Waals surface area contributed by atoms with Crippen LogP contribution in [0.3, 0.4) is 0 Å². The molecule has 2 heterocycles. The van der Waals surface area contributed by atoms with Crippen molar-refractivity contribution in [2.45, 2.75) is 13.8 Å². The molecule has 7 nitrogen and oxygen atoms in total. The average Bonchev–Trinajstić information content (AvgIpc) is 3.27. The standard InChI is InChI=1S/C18H18N4O3S2/c1-3-25-14-9-12(6-7-13(14)24)10-19-22-18-21-16(15-5-4-8-26-15)17(27-18)20-11(2)23/h4-10,24H,3H2,1-2H3,(H,20,23)(H,21,22)/b19-10-. The highest BCUT2D eigenvalue weighted by molar-refractivity contribution is 7.21. The van der Waals surface area contributed by atoms with Crippen LogP contribution in [0.15, 0.2) is 40.8 Å². The Balaban J connectivity index is 1.77. The fraction of sp³-hybridized carbons (Fsp3) is 0.167. The SMILES string of the molecule is CCOc1cc(/C=N\Nc2nc(-c3cccs3)c(NC(C)=O)s2)ccc1O. The second-order valence-corrected chi connectivity index (χ2v) is 7.33. The molecule has 1 amide bonds. The number of thiophene rings is 1. The quantitative estimate of drug-likeness (QED) is 0.403. The molecule has 3 N–H and O–H groups in total. The van der Waals surface area contributed by atoms with Crippen molar-refractivity contribution in [2.75, 3.05) is 17.3 Å². The number of carbonyl (C=O) groups is 1. The molecule has 1 aromatic carbocycles. The lowest BCUT2D eigenvalue weighted by Gasteiger charge is -2.05. The van der Waals surface area contributed by atoms with Crippen molar-refractivity contribution in [3.8, 4) is 22.1 Å². The van der Waals surface area contributed by atoms with Crippen molar-refractivity contribution in [3.63, 3.8) is 0 Å². The second kappa shape index (κ2) is 8.65. The smallest absolute Gasteiger partial charge is 0.221 e. The maximum atomic E-state index is 11.4. The van der Waals surface area contributed by atoms with Crippen LogP contribution in [0, 0.1) is 0 Å². The number of hydrazone groups is 1. The number of carbonyl (C=O) groups excluding carboxylic acids is 1. The lowest BCUT2D eigenvalue weighted by atomic mass is 10.2. The predicted octanol–water partition coefficient (Wildman–Crippen LogP) is 4.38. The van der Waals surface area contributed by atoms with Gasteiger partial charge in [-0.15, -0.1) is 11.3 Å². The third-order valence-corrected chi connectivity index (χ3v) is 5.08. The molecule has 0 atom stereocenters. The highest BCUT2D eigenvalue weighted by Gasteiger charge is 2.15. The molecule has 0 unspecified atom stereocenters. The minimum Gasteiger partial charge on any atom is -0.504 e. The van der Waals surface area contributed by atoms with Gasteiger partial charge in [0.15, 0.2) is 11.5 Å². The summed E-state index contributed by atoms with van der Waals surface area (Å²) < 4.78 is 5.36. The van der Waals surface area contributed by atoms with Crippen LogP contribution >= 0.6 is 22.7 Å². The van der Waals surface area contributed by atoms with Crippen molar-refractivity contribution in [2.24, 2.45) is 5.10 Å². The maximum Gasteiger partial charge on any atom is 0.221 e. The summed E-state index contributed by atoms with van der Waals surface area (Å²) in [6.07, 6.45) is 1.60. The Bertz CT molecular complexity index is 952. The molecule has 3 aromatic rings. The van der Waals surface area contributed by atoms with Crippen LogP contribution in [0.4, 0.5) is 10.1 Å². The minimum absolute atomic E-state index is 0.0856. The third-order valence-electron chi connectivity index (χ3n) is 3.33. The number of hydrogen-bond donors (Lipinski definition) is 3. The molecule has 0 spiro atoms. The molecule has 0 aliphatic carbocycles. The number of amides is 1. The number of phenolic OH excluding ortho intramolecular Hbond substituents is 1. The van der Waals surface area contributed by atoms with Gasteiger partial charge in [-0.2, -0.15) is 5.10 Å². The summed E-state index contributed by atoms with van der Waals surface area (Å²) >= 11 is 2.86. The number of thiazole rings is 1.